The van der Waals surface area contributed by atoms with Gasteiger partial charge in [0.15, 0.2) is 5.96 Å². The number of guanidine groups is 1. The molecule has 1 aromatic heterocycles. The van der Waals surface area contributed by atoms with Crippen molar-refractivity contribution in [1.29, 1.82) is 0 Å². The third-order valence-electron chi connectivity index (χ3n) is 3.31. The van der Waals surface area contributed by atoms with E-state index in [9.17, 15) is 0 Å². The Labute approximate surface area is 138 Å². The summed E-state index contributed by atoms with van der Waals surface area (Å²) >= 11 is 1.73. The minimum atomic E-state index is 0.765. The van der Waals surface area contributed by atoms with Crippen LogP contribution >= 0.6 is 11.3 Å². The van der Waals surface area contributed by atoms with E-state index in [1.54, 1.807) is 25.5 Å². The lowest BCUT2D eigenvalue weighted by atomic mass is 10.4. The molecule has 1 aromatic rings. The first-order chi connectivity index (χ1) is 10.6. The molecular weight excluding hydrogens is 298 g/mol. The number of hydrogen-bond donors (Lipinski definition) is 2. The van der Waals surface area contributed by atoms with Crippen molar-refractivity contribution in [3.05, 3.63) is 15.6 Å². The number of aliphatic imine (C=N–C) groups is 1. The second kappa shape index (κ2) is 10.5. The van der Waals surface area contributed by atoms with E-state index in [-0.39, 0.29) is 0 Å². The Hall–Kier alpha value is -1.18. The standard InChI is InChI=1S/C15H29N5OS/c1-12-14(22-13(2)19-12)11-18-15(16-3)17-7-9-20(4)8-6-10-21-5/h6-11H2,1-5H3,(H2,16,17,18). The molecule has 0 aliphatic rings. The Morgan fingerprint density at radius 3 is 2.68 bits per heavy atom. The molecule has 22 heavy (non-hydrogen) atoms. The van der Waals surface area contributed by atoms with E-state index in [2.05, 4.69) is 32.6 Å². The number of methoxy groups -OCH3 is 1. The molecule has 0 spiro atoms. The van der Waals surface area contributed by atoms with Crippen LogP contribution in [-0.4, -0.2) is 63.3 Å². The van der Waals surface area contributed by atoms with Crippen LogP contribution in [0, 0.1) is 13.8 Å². The second-order valence-corrected chi connectivity index (χ2v) is 6.53. The van der Waals surface area contributed by atoms with Crippen molar-refractivity contribution >= 4 is 17.3 Å². The fourth-order valence-electron chi connectivity index (χ4n) is 2.08. The van der Waals surface area contributed by atoms with Crippen molar-refractivity contribution < 1.29 is 4.74 Å². The number of thiazole rings is 1. The highest BCUT2D eigenvalue weighted by Gasteiger charge is 2.06. The Bertz CT molecular complexity index is 461. The second-order valence-electron chi connectivity index (χ2n) is 5.24. The summed E-state index contributed by atoms with van der Waals surface area (Å²) in [7, 11) is 5.66. The monoisotopic (exact) mass is 327 g/mol. The molecule has 0 unspecified atom stereocenters. The Kier molecular flexibility index (Phi) is 9.03. The lowest BCUT2D eigenvalue weighted by Gasteiger charge is -2.18. The number of hydrogen-bond acceptors (Lipinski definition) is 5. The quantitative estimate of drug-likeness (QED) is 0.408. The minimum Gasteiger partial charge on any atom is -0.385 e. The lowest BCUT2D eigenvalue weighted by molar-refractivity contribution is 0.180. The Balaban J connectivity index is 2.24. The van der Waals surface area contributed by atoms with Gasteiger partial charge in [0, 0.05) is 45.3 Å². The molecule has 0 saturated carbocycles. The van der Waals surface area contributed by atoms with E-state index in [1.807, 2.05) is 13.8 Å². The average Bonchev–Trinajstić information content (AvgIpc) is 2.81. The number of aryl methyl sites for hydroxylation is 2. The van der Waals surface area contributed by atoms with E-state index in [1.165, 1.54) is 4.88 Å². The predicted molar refractivity (Wildman–Crippen MR) is 93.8 cm³/mol. The van der Waals surface area contributed by atoms with Gasteiger partial charge in [-0.05, 0) is 27.3 Å². The van der Waals surface area contributed by atoms with Gasteiger partial charge < -0.3 is 20.3 Å². The fraction of sp³-hybridized carbons (Fsp3) is 0.733. The zero-order chi connectivity index (χ0) is 16.4. The van der Waals surface area contributed by atoms with Crippen LogP contribution in [0.3, 0.4) is 0 Å². The SMILES string of the molecule is CN=C(NCCN(C)CCCOC)NCc1sc(C)nc1C. The van der Waals surface area contributed by atoms with Crippen LogP contribution in [0.1, 0.15) is 22.0 Å². The zero-order valence-corrected chi connectivity index (χ0v) is 15.2. The van der Waals surface area contributed by atoms with E-state index < -0.39 is 0 Å². The first-order valence-electron chi connectivity index (χ1n) is 7.61. The molecule has 6 nitrogen and oxygen atoms in total. The molecule has 0 aliphatic heterocycles. The van der Waals surface area contributed by atoms with Gasteiger partial charge in [0.05, 0.1) is 17.2 Å². The van der Waals surface area contributed by atoms with Crippen LogP contribution in [0.25, 0.3) is 0 Å². The fourth-order valence-corrected chi connectivity index (χ4v) is 2.95. The van der Waals surface area contributed by atoms with Gasteiger partial charge >= 0.3 is 0 Å². The molecule has 0 bridgehead atoms. The number of rotatable bonds is 9. The van der Waals surface area contributed by atoms with Gasteiger partial charge in [-0.3, -0.25) is 4.99 Å². The van der Waals surface area contributed by atoms with Crippen molar-refractivity contribution in [2.45, 2.75) is 26.8 Å². The van der Waals surface area contributed by atoms with Gasteiger partial charge in [-0.25, -0.2) is 4.98 Å². The van der Waals surface area contributed by atoms with Crippen LogP contribution in [-0.2, 0) is 11.3 Å². The van der Waals surface area contributed by atoms with Crippen molar-refractivity contribution in [1.82, 2.24) is 20.5 Å². The average molecular weight is 327 g/mol. The van der Waals surface area contributed by atoms with Crippen LogP contribution in [0.15, 0.2) is 4.99 Å². The number of ether oxygens (including phenoxy) is 1. The van der Waals surface area contributed by atoms with E-state index in [0.29, 0.717) is 0 Å². The molecule has 126 valence electrons. The van der Waals surface area contributed by atoms with Gasteiger partial charge in [-0.15, -0.1) is 11.3 Å². The predicted octanol–water partition coefficient (Wildman–Crippen LogP) is 1.39. The maximum absolute atomic E-state index is 5.06. The van der Waals surface area contributed by atoms with Crippen LogP contribution < -0.4 is 10.6 Å². The molecule has 2 N–H and O–H groups in total. The molecule has 0 saturated heterocycles. The summed E-state index contributed by atoms with van der Waals surface area (Å²) in [6.45, 7) is 8.54. The van der Waals surface area contributed by atoms with Crippen LogP contribution in [0.5, 0.6) is 0 Å². The van der Waals surface area contributed by atoms with Crippen molar-refractivity contribution in [2.24, 2.45) is 4.99 Å². The van der Waals surface area contributed by atoms with Gasteiger partial charge in [-0.2, -0.15) is 0 Å². The highest BCUT2D eigenvalue weighted by molar-refractivity contribution is 7.11. The molecule has 0 radical (unpaired) electrons. The normalized spacial score (nSPS) is 12.0. The summed E-state index contributed by atoms with van der Waals surface area (Å²) in [6.07, 6.45) is 1.06. The molecule has 1 heterocycles. The number of nitrogens with one attached hydrogen (secondary N) is 2. The largest absolute Gasteiger partial charge is 0.385 e. The molecule has 0 aromatic carbocycles. The zero-order valence-electron chi connectivity index (χ0n) is 14.4. The molecule has 0 atom stereocenters. The Morgan fingerprint density at radius 1 is 1.32 bits per heavy atom. The van der Waals surface area contributed by atoms with Crippen molar-refractivity contribution in [3.8, 4) is 0 Å². The third kappa shape index (κ3) is 7.20. The summed E-state index contributed by atoms with van der Waals surface area (Å²) < 4.78 is 5.06. The molecule has 7 heteroatoms. The van der Waals surface area contributed by atoms with E-state index in [0.717, 1.165) is 55.9 Å². The number of nitrogens with zero attached hydrogens (tertiary/aromatic N) is 3. The van der Waals surface area contributed by atoms with Crippen molar-refractivity contribution in [2.75, 3.05) is 47.4 Å². The summed E-state index contributed by atoms with van der Waals surface area (Å²) in [5.74, 6) is 0.829. The number of aromatic nitrogens is 1. The maximum atomic E-state index is 5.06. The minimum absolute atomic E-state index is 0.765. The van der Waals surface area contributed by atoms with Gasteiger partial charge in [-0.1, -0.05) is 0 Å². The summed E-state index contributed by atoms with van der Waals surface area (Å²) in [5, 5.41) is 7.78. The van der Waals surface area contributed by atoms with E-state index in [4.69, 9.17) is 4.74 Å². The van der Waals surface area contributed by atoms with Gasteiger partial charge in [0.2, 0.25) is 0 Å². The first kappa shape index (κ1) is 18.9. The highest BCUT2D eigenvalue weighted by atomic mass is 32.1. The van der Waals surface area contributed by atoms with E-state index >= 15 is 0 Å². The topological polar surface area (TPSA) is 61.8 Å². The third-order valence-corrected chi connectivity index (χ3v) is 4.39. The number of likely N-dealkylation sites (N-methyl/N-ethyl adjacent to an activating group) is 1. The highest BCUT2D eigenvalue weighted by Crippen LogP contribution is 2.16. The molecule has 0 fully saturated rings. The summed E-state index contributed by atoms with van der Waals surface area (Å²) in [6, 6.07) is 0. The van der Waals surface area contributed by atoms with Gasteiger partial charge in [0.25, 0.3) is 0 Å². The smallest absolute Gasteiger partial charge is 0.191 e. The lowest BCUT2D eigenvalue weighted by Crippen LogP contribution is -2.40. The molecular formula is C15H29N5OS. The van der Waals surface area contributed by atoms with Gasteiger partial charge in [0.1, 0.15) is 0 Å². The molecule has 0 aliphatic carbocycles. The summed E-state index contributed by atoms with van der Waals surface area (Å²) in [4.78, 5) is 12.2. The molecule has 0 amide bonds. The van der Waals surface area contributed by atoms with Crippen molar-refractivity contribution in [3.63, 3.8) is 0 Å². The Morgan fingerprint density at radius 2 is 2.09 bits per heavy atom. The van der Waals surface area contributed by atoms with Crippen LogP contribution in [0.2, 0.25) is 0 Å². The maximum Gasteiger partial charge on any atom is 0.191 e. The molecule has 1 rings (SSSR count). The van der Waals surface area contributed by atoms with Crippen LogP contribution in [0.4, 0.5) is 0 Å². The summed E-state index contributed by atoms with van der Waals surface area (Å²) in [5.41, 5.74) is 1.10. The first-order valence-corrected chi connectivity index (χ1v) is 8.43.